The number of benzene rings is 2. The number of carbonyl (C=O) groups excluding carboxylic acids is 1. The number of aryl methyl sites for hydroxylation is 1. The van der Waals surface area contributed by atoms with Gasteiger partial charge in [0.15, 0.2) is 6.61 Å². The van der Waals surface area contributed by atoms with Gasteiger partial charge in [0, 0.05) is 13.1 Å². The number of hydrogen-bond donors (Lipinski definition) is 0. The van der Waals surface area contributed by atoms with Crippen molar-refractivity contribution in [2.45, 2.75) is 24.8 Å². The standard InChI is InChI=1S/C21H25NO6S/c1-2-17-6-8-19(9-7-17)27-16-21(23)28-15-18-4-3-5-20(14-18)29(24,25)22-10-12-26-13-11-22/h3-9,14H,2,10-13,15-16H2,1H3. The SMILES string of the molecule is CCc1ccc(OCC(=O)OCc2cccc(S(=O)(=O)N3CCOCC3)c2)cc1. The summed E-state index contributed by atoms with van der Waals surface area (Å²) in [6.45, 7) is 3.26. The molecule has 0 unspecified atom stereocenters. The van der Waals surface area contributed by atoms with Crippen LogP contribution in [0.25, 0.3) is 0 Å². The van der Waals surface area contributed by atoms with Crippen molar-refractivity contribution in [1.82, 2.24) is 4.31 Å². The van der Waals surface area contributed by atoms with E-state index in [2.05, 4.69) is 6.92 Å². The van der Waals surface area contributed by atoms with Crippen LogP contribution in [0, 0.1) is 0 Å². The Labute approximate surface area is 171 Å². The number of nitrogens with zero attached hydrogens (tertiary/aromatic N) is 1. The molecule has 1 heterocycles. The van der Waals surface area contributed by atoms with E-state index in [0.29, 0.717) is 37.6 Å². The summed E-state index contributed by atoms with van der Waals surface area (Å²) < 4.78 is 42.7. The van der Waals surface area contributed by atoms with Crippen molar-refractivity contribution < 1.29 is 27.4 Å². The van der Waals surface area contributed by atoms with Gasteiger partial charge in [-0.25, -0.2) is 13.2 Å². The highest BCUT2D eigenvalue weighted by Crippen LogP contribution is 2.19. The Morgan fingerprint density at radius 3 is 2.48 bits per heavy atom. The third-order valence-electron chi connectivity index (χ3n) is 4.59. The number of rotatable bonds is 8. The van der Waals surface area contributed by atoms with Crippen LogP contribution < -0.4 is 4.74 Å². The Morgan fingerprint density at radius 2 is 1.79 bits per heavy atom. The molecular weight excluding hydrogens is 394 g/mol. The molecule has 1 saturated heterocycles. The summed E-state index contributed by atoms with van der Waals surface area (Å²) in [5, 5.41) is 0. The molecule has 29 heavy (non-hydrogen) atoms. The van der Waals surface area contributed by atoms with Gasteiger partial charge in [-0.05, 0) is 41.8 Å². The van der Waals surface area contributed by atoms with Gasteiger partial charge in [0.1, 0.15) is 12.4 Å². The Morgan fingerprint density at radius 1 is 1.07 bits per heavy atom. The maximum atomic E-state index is 12.7. The van der Waals surface area contributed by atoms with E-state index in [1.54, 1.807) is 18.2 Å². The summed E-state index contributed by atoms with van der Waals surface area (Å²) in [4.78, 5) is 12.1. The number of morpholine rings is 1. The molecule has 3 rings (SSSR count). The Bertz CT molecular complexity index is 920. The van der Waals surface area contributed by atoms with Crippen molar-refractivity contribution in [2.75, 3.05) is 32.9 Å². The molecule has 0 bridgehead atoms. The molecule has 0 spiro atoms. The molecule has 0 amide bonds. The van der Waals surface area contributed by atoms with Gasteiger partial charge in [-0.2, -0.15) is 4.31 Å². The molecule has 156 valence electrons. The average molecular weight is 419 g/mol. The second kappa shape index (κ2) is 9.87. The largest absolute Gasteiger partial charge is 0.482 e. The van der Waals surface area contributed by atoms with Crippen molar-refractivity contribution in [3.8, 4) is 5.75 Å². The zero-order chi connectivity index (χ0) is 20.7. The van der Waals surface area contributed by atoms with E-state index in [1.807, 2.05) is 24.3 Å². The fourth-order valence-corrected chi connectivity index (χ4v) is 4.38. The molecule has 1 fully saturated rings. The Hall–Kier alpha value is -2.42. The van der Waals surface area contributed by atoms with Crippen LogP contribution in [0.3, 0.4) is 0 Å². The van der Waals surface area contributed by atoms with Gasteiger partial charge in [-0.3, -0.25) is 0 Å². The van der Waals surface area contributed by atoms with Gasteiger partial charge < -0.3 is 14.2 Å². The fourth-order valence-electron chi connectivity index (χ4n) is 2.90. The number of carbonyl (C=O) groups is 1. The third kappa shape index (κ3) is 5.79. The van der Waals surface area contributed by atoms with Crippen LogP contribution in [0.15, 0.2) is 53.4 Å². The predicted octanol–water partition coefficient (Wildman–Crippen LogP) is 2.39. The van der Waals surface area contributed by atoms with Crippen LogP contribution in [0.1, 0.15) is 18.1 Å². The van der Waals surface area contributed by atoms with Crippen LogP contribution in [0.2, 0.25) is 0 Å². The smallest absolute Gasteiger partial charge is 0.344 e. The molecule has 0 saturated carbocycles. The van der Waals surface area contributed by atoms with Crippen LogP contribution in [-0.2, 0) is 37.3 Å². The van der Waals surface area contributed by atoms with E-state index >= 15 is 0 Å². The molecule has 0 atom stereocenters. The van der Waals surface area contributed by atoms with E-state index in [4.69, 9.17) is 14.2 Å². The van der Waals surface area contributed by atoms with E-state index in [9.17, 15) is 13.2 Å². The lowest BCUT2D eigenvalue weighted by Gasteiger charge is -2.26. The van der Waals surface area contributed by atoms with Crippen molar-refractivity contribution >= 4 is 16.0 Å². The number of esters is 1. The lowest BCUT2D eigenvalue weighted by Crippen LogP contribution is -2.40. The van der Waals surface area contributed by atoms with Crippen molar-refractivity contribution in [2.24, 2.45) is 0 Å². The molecular formula is C21H25NO6S. The minimum absolute atomic E-state index is 0.0244. The van der Waals surface area contributed by atoms with E-state index in [1.165, 1.54) is 15.9 Å². The van der Waals surface area contributed by atoms with Crippen molar-refractivity contribution in [1.29, 1.82) is 0 Å². The van der Waals surface area contributed by atoms with E-state index in [-0.39, 0.29) is 18.1 Å². The fraction of sp³-hybridized carbons (Fsp3) is 0.381. The van der Waals surface area contributed by atoms with Gasteiger partial charge in [0.05, 0.1) is 18.1 Å². The molecule has 0 aliphatic carbocycles. The molecule has 1 aliphatic heterocycles. The van der Waals surface area contributed by atoms with Gasteiger partial charge in [-0.15, -0.1) is 0 Å². The third-order valence-corrected chi connectivity index (χ3v) is 6.49. The van der Waals surface area contributed by atoms with Crippen molar-refractivity contribution in [3.05, 3.63) is 59.7 Å². The molecule has 2 aromatic rings. The number of sulfonamides is 1. The summed E-state index contributed by atoms with van der Waals surface area (Å²) in [6.07, 6.45) is 0.933. The maximum absolute atomic E-state index is 12.7. The highest BCUT2D eigenvalue weighted by Gasteiger charge is 2.26. The quantitative estimate of drug-likeness (QED) is 0.611. The molecule has 0 N–H and O–H groups in total. The first-order valence-corrected chi connectivity index (χ1v) is 11.0. The highest BCUT2D eigenvalue weighted by molar-refractivity contribution is 7.89. The minimum atomic E-state index is -3.59. The summed E-state index contributed by atoms with van der Waals surface area (Å²) in [5.74, 6) is 0.0729. The highest BCUT2D eigenvalue weighted by atomic mass is 32.2. The van der Waals surface area contributed by atoms with Gasteiger partial charge >= 0.3 is 5.97 Å². The first-order chi connectivity index (χ1) is 14.0. The number of ether oxygens (including phenoxy) is 3. The van der Waals surface area contributed by atoms with Gasteiger partial charge in [0.2, 0.25) is 10.0 Å². The summed E-state index contributed by atoms with van der Waals surface area (Å²) in [7, 11) is -3.59. The lowest BCUT2D eigenvalue weighted by molar-refractivity contribution is -0.147. The average Bonchev–Trinajstić information content (AvgIpc) is 2.77. The van der Waals surface area contributed by atoms with Gasteiger partial charge in [-0.1, -0.05) is 31.2 Å². The molecule has 8 heteroatoms. The second-order valence-corrected chi connectivity index (χ2v) is 8.55. The van der Waals surface area contributed by atoms with Crippen LogP contribution in [0.4, 0.5) is 0 Å². The van der Waals surface area contributed by atoms with Crippen LogP contribution in [0.5, 0.6) is 5.75 Å². The monoisotopic (exact) mass is 419 g/mol. The number of hydrogen-bond acceptors (Lipinski definition) is 6. The summed E-state index contributed by atoms with van der Waals surface area (Å²) in [5.41, 5.74) is 1.78. The molecule has 0 aromatic heterocycles. The maximum Gasteiger partial charge on any atom is 0.344 e. The zero-order valence-electron chi connectivity index (χ0n) is 16.4. The Kier molecular flexibility index (Phi) is 7.24. The normalized spacial score (nSPS) is 15.1. The molecule has 1 aliphatic rings. The van der Waals surface area contributed by atoms with Gasteiger partial charge in [0.25, 0.3) is 0 Å². The predicted molar refractivity (Wildman–Crippen MR) is 107 cm³/mol. The van der Waals surface area contributed by atoms with Crippen LogP contribution in [-0.4, -0.2) is 51.6 Å². The van der Waals surface area contributed by atoms with E-state index < -0.39 is 16.0 Å². The lowest BCUT2D eigenvalue weighted by atomic mass is 10.2. The summed E-state index contributed by atoms with van der Waals surface area (Å²) in [6, 6.07) is 13.9. The molecule has 7 nitrogen and oxygen atoms in total. The molecule has 2 aromatic carbocycles. The van der Waals surface area contributed by atoms with Crippen molar-refractivity contribution in [3.63, 3.8) is 0 Å². The first-order valence-electron chi connectivity index (χ1n) is 9.53. The first kappa shape index (κ1) is 21.3. The van der Waals surface area contributed by atoms with Crippen LogP contribution >= 0.6 is 0 Å². The second-order valence-electron chi connectivity index (χ2n) is 6.61. The summed E-state index contributed by atoms with van der Waals surface area (Å²) >= 11 is 0. The topological polar surface area (TPSA) is 82.1 Å². The van der Waals surface area contributed by atoms with E-state index in [0.717, 1.165) is 6.42 Å². The molecule has 0 radical (unpaired) electrons. The Balaban J connectivity index is 1.53. The minimum Gasteiger partial charge on any atom is -0.482 e. The zero-order valence-corrected chi connectivity index (χ0v) is 17.2.